The van der Waals surface area contributed by atoms with Gasteiger partial charge in [0.1, 0.15) is 10.8 Å². The summed E-state index contributed by atoms with van der Waals surface area (Å²) in [6.45, 7) is 2.60. The lowest BCUT2D eigenvalue weighted by molar-refractivity contribution is 0.216. The highest BCUT2D eigenvalue weighted by atomic mass is 35.5. The van der Waals surface area contributed by atoms with E-state index in [2.05, 4.69) is 20.0 Å². The fraction of sp³-hybridized carbons (Fsp3) is 0.353. The maximum absolute atomic E-state index is 6.07. The third kappa shape index (κ3) is 3.14. The van der Waals surface area contributed by atoms with Crippen LogP contribution >= 0.6 is 11.6 Å². The zero-order valence-electron chi connectivity index (χ0n) is 13.2. The number of fused-ring (bicyclic) bond motifs is 1. The Labute approximate surface area is 145 Å². The van der Waals surface area contributed by atoms with Gasteiger partial charge in [0, 0.05) is 31.5 Å². The van der Waals surface area contributed by atoms with Crippen LogP contribution in [0.2, 0.25) is 5.02 Å². The van der Waals surface area contributed by atoms with Gasteiger partial charge in [0.15, 0.2) is 5.65 Å². The van der Waals surface area contributed by atoms with Crippen LogP contribution in [0.4, 0.5) is 5.82 Å². The van der Waals surface area contributed by atoms with Crippen molar-refractivity contribution in [3.05, 3.63) is 47.9 Å². The first-order chi connectivity index (χ1) is 11.8. The molecule has 24 heavy (non-hydrogen) atoms. The predicted octanol–water partition coefficient (Wildman–Crippen LogP) is 3.07. The van der Waals surface area contributed by atoms with Crippen molar-refractivity contribution in [2.24, 2.45) is 5.92 Å². The van der Waals surface area contributed by atoms with Crippen LogP contribution in [0.25, 0.3) is 5.65 Å². The van der Waals surface area contributed by atoms with E-state index in [1.807, 2.05) is 18.3 Å². The van der Waals surface area contributed by atoms with Gasteiger partial charge in [0.2, 0.25) is 5.88 Å². The van der Waals surface area contributed by atoms with E-state index in [0.29, 0.717) is 23.4 Å². The van der Waals surface area contributed by atoms with Crippen LogP contribution < -0.4 is 9.64 Å². The summed E-state index contributed by atoms with van der Waals surface area (Å²) in [5, 5.41) is 4.74. The first-order valence-corrected chi connectivity index (χ1v) is 8.46. The molecule has 0 aromatic carbocycles. The Kier molecular flexibility index (Phi) is 4.21. The topological polar surface area (TPSA) is 55.5 Å². The van der Waals surface area contributed by atoms with Crippen molar-refractivity contribution in [3.8, 4) is 5.88 Å². The Morgan fingerprint density at radius 3 is 2.88 bits per heavy atom. The smallest absolute Gasteiger partial charge is 0.232 e. The molecule has 1 aliphatic heterocycles. The summed E-state index contributed by atoms with van der Waals surface area (Å²) < 4.78 is 7.55. The molecule has 1 fully saturated rings. The molecule has 4 rings (SSSR count). The Bertz CT molecular complexity index is 828. The molecular weight excluding hydrogens is 326 g/mol. The molecule has 3 aromatic rings. The van der Waals surface area contributed by atoms with E-state index in [0.717, 1.165) is 37.4 Å². The molecule has 0 unspecified atom stereocenters. The summed E-state index contributed by atoms with van der Waals surface area (Å²) in [5.74, 6) is 2.04. The summed E-state index contributed by atoms with van der Waals surface area (Å²) in [6.07, 6.45) is 7.55. The lowest BCUT2D eigenvalue weighted by Crippen LogP contribution is -2.36. The molecule has 4 heterocycles. The first-order valence-electron chi connectivity index (χ1n) is 8.08. The van der Waals surface area contributed by atoms with Gasteiger partial charge >= 0.3 is 0 Å². The molecule has 0 spiro atoms. The maximum Gasteiger partial charge on any atom is 0.232 e. The highest BCUT2D eigenvalue weighted by Crippen LogP contribution is 2.25. The fourth-order valence-corrected chi connectivity index (χ4v) is 3.16. The van der Waals surface area contributed by atoms with Crippen molar-refractivity contribution in [3.63, 3.8) is 0 Å². The minimum absolute atomic E-state index is 0.512. The second-order valence-electron chi connectivity index (χ2n) is 5.95. The Hall–Kier alpha value is -2.34. The lowest BCUT2D eigenvalue weighted by Gasteiger charge is -2.32. The van der Waals surface area contributed by atoms with Gasteiger partial charge in [-0.15, -0.1) is 0 Å². The molecule has 3 aromatic heterocycles. The molecule has 124 valence electrons. The normalized spacial score (nSPS) is 15.8. The molecule has 0 atom stereocenters. The second-order valence-corrected chi connectivity index (χ2v) is 6.36. The molecule has 1 saturated heterocycles. The summed E-state index contributed by atoms with van der Waals surface area (Å²) in [5.41, 5.74) is 0.878. The van der Waals surface area contributed by atoms with Crippen molar-refractivity contribution in [2.75, 3.05) is 24.6 Å². The average molecular weight is 344 g/mol. The van der Waals surface area contributed by atoms with E-state index in [-0.39, 0.29) is 0 Å². The summed E-state index contributed by atoms with van der Waals surface area (Å²) in [6, 6.07) is 7.54. The molecule has 0 saturated carbocycles. The molecule has 1 aliphatic rings. The zero-order valence-corrected chi connectivity index (χ0v) is 13.9. The third-order valence-corrected chi connectivity index (χ3v) is 4.65. The molecule has 0 N–H and O–H groups in total. The second kappa shape index (κ2) is 6.65. The van der Waals surface area contributed by atoms with E-state index < -0.39 is 0 Å². The van der Waals surface area contributed by atoms with Crippen LogP contribution in [-0.2, 0) is 0 Å². The molecule has 6 nitrogen and oxygen atoms in total. The average Bonchev–Trinajstić information content (AvgIpc) is 3.09. The highest BCUT2D eigenvalue weighted by Gasteiger charge is 2.21. The van der Waals surface area contributed by atoms with E-state index in [9.17, 15) is 0 Å². The monoisotopic (exact) mass is 343 g/mol. The van der Waals surface area contributed by atoms with Crippen molar-refractivity contribution in [1.29, 1.82) is 0 Å². The Morgan fingerprint density at radius 1 is 1.17 bits per heavy atom. The first kappa shape index (κ1) is 15.2. The van der Waals surface area contributed by atoms with Crippen LogP contribution in [0.5, 0.6) is 5.88 Å². The van der Waals surface area contributed by atoms with Gasteiger partial charge in [0.25, 0.3) is 0 Å². The third-order valence-electron chi connectivity index (χ3n) is 4.36. The molecular formula is C17H18ClN5O. The molecule has 0 amide bonds. The standard InChI is InChI=1S/C17H18ClN5O/c18-14-2-1-7-19-17(14)24-12-13-4-9-22(10-5-13)15-6-11-23-16(21-15)3-8-20-23/h1-3,6-8,11,13H,4-5,9-10,12H2. The van der Waals surface area contributed by atoms with Crippen LogP contribution in [0.3, 0.4) is 0 Å². The van der Waals surface area contributed by atoms with Crippen molar-refractivity contribution in [1.82, 2.24) is 19.6 Å². The number of nitrogens with zero attached hydrogens (tertiary/aromatic N) is 5. The quantitative estimate of drug-likeness (QED) is 0.728. The van der Waals surface area contributed by atoms with E-state index in [4.69, 9.17) is 16.3 Å². The highest BCUT2D eigenvalue weighted by molar-refractivity contribution is 6.31. The Morgan fingerprint density at radius 2 is 2.04 bits per heavy atom. The van der Waals surface area contributed by atoms with Gasteiger partial charge in [0.05, 0.1) is 12.8 Å². The summed E-state index contributed by atoms with van der Waals surface area (Å²) in [7, 11) is 0. The SMILES string of the molecule is Clc1cccnc1OCC1CCN(c2ccn3nccc3n2)CC1. The van der Waals surface area contributed by atoms with Crippen LogP contribution in [0.15, 0.2) is 42.9 Å². The van der Waals surface area contributed by atoms with Gasteiger partial charge < -0.3 is 9.64 Å². The Balaban J connectivity index is 1.34. The maximum atomic E-state index is 6.07. The van der Waals surface area contributed by atoms with Gasteiger partial charge in [-0.2, -0.15) is 5.10 Å². The van der Waals surface area contributed by atoms with Crippen molar-refractivity contribution < 1.29 is 4.74 Å². The largest absolute Gasteiger partial charge is 0.476 e. The molecule has 0 bridgehead atoms. The summed E-state index contributed by atoms with van der Waals surface area (Å²) >= 11 is 6.07. The van der Waals surface area contributed by atoms with Crippen LogP contribution in [0.1, 0.15) is 12.8 Å². The van der Waals surface area contributed by atoms with Gasteiger partial charge in [-0.1, -0.05) is 11.6 Å². The summed E-state index contributed by atoms with van der Waals surface area (Å²) in [4.78, 5) is 11.1. The zero-order chi connectivity index (χ0) is 16.4. The van der Waals surface area contributed by atoms with E-state index in [1.54, 1.807) is 29.0 Å². The minimum atomic E-state index is 0.512. The molecule has 7 heteroatoms. The van der Waals surface area contributed by atoms with Gasteiger partial charge in [-0.05, 0) is 37.0 Å². The fourth-order valence-electron chi connectivity index (χ4n) is 2.98. The van der Waals surface area contributed by atoms with Crippen LogP contribution in [0, 0.1) is 5.92 Å². The number of piperidine rings is 1. The van der Waals surface area contributed by atoms with Gasteiger partial charge in [-0.25, -0.2) is 14.5 Å². The van der Waals surface area contributed by atoms with Crippen molar-refractivity contribution in [2.45, 2.75) is 12.8 Å². The number of anilines is 1. The minimum Gasteiger partial charge on any atom is -0.476 e. The van der Waals surface area contributed by atoms with E-state index in [1.165, 1.54) is 0 Å². The predicted molar refractivity (Wildman–Crippen MR) is 92.7 cm³/mol. The van der Waals surface area contributed by atoms with Crippen molar-refractivity contribution >= 4 is 23.1 Å². The lowest BCUT2D eigenvalue weighted by atomic mass is 9.98. The number of ether oxygens (including phenoxy) is 1. The number of hydrogen-bond acceptors (Lipinski definition) is 5. The molecule has 0 radical (unpaired) electrons. The molecule has 0 aliphatic carbocycles. The number of aromatic nitrogens is 4. The number of rotatable bonds is 4. The number of halogens is 1. The van der Waals surface area contributed by atoms with Gasteiger partial charge in [-0.3, -0.25) is 0 Å². The number of pyridine rings is 1. The van der Waals surface area contributed by atoms with E-state index >= 15 is 0 Å². The van der Waals surface area contributed by atoms with Crippen LogP contribution in [-0.4, -0.2) is 39.3 Å². The number of hydrogen-bond donors (Lipinski definition) is 0.